The number of hydrogen-bond donors (Lipinski definition) is 1. The summed E-state index contributed by atoms with van der Waals surface area (Å²) >= 11 is 0. The average molecular weight is 249 g/mol. The van der Waals surface area contributed by atoms with Crippen LogP contribution in [0.4, 0.5) is 0 Å². The fourth-order valence-corrected chi connectivity index (χ4v) is 2.67. The van der Waals surface area contributed by atoms with Gasteiger partial charge in [0.05, 0.1) is 13.2 Å². The lowest BCUT2D eigenvalue weighted by atomic mass is 9.98. The molecule has 2 atom stereocenters. The Labute approximate surface area is 109 Å². The molecule has 0 saturated carbocycles. The van der Waals surface area contributed by atoms with Crippen molar-refractivity contribution in [2.24, 2.45) is 0 Å². The summed E-state index contributed by atoms with van der Waals surface area (Å²) in [4.78, 5) is 0. The number of methoxy groups -OCH3 is 1. The zero-order valence-corrected chi connectivity index (χ0v) is 11.7. The van der Waals surface area contributed by atoms with E-state index in [0.717, 1.165) is 30.8 Å². The van der Waals surface area contributed by atoms with Gasteiger partial charge >= 0.3 is 0 Å². The van der Waals surface area contributed by atoms with Gasteiger partial charge in [0.1, 0.15) is 6.10 Å². The van der Waals surface area contributed by atoms with Gasteiger partial charge in [0, 0.05) is 5.56 Å². The second-order valence-corrected chi connectivity index (χ2v) is 4.78. The Hall–Kier alpha value is -1.22. The number of nitrogens with one attached hydrogen (secondary N) is 1. The first kappa shape index (κ1) is 13.2. The molecule has 3 nitrogen and oxygen atoms in total. The Morgan fingerprint density at radius 2 is 2.11 bits per heavy atom. The molecule has 1 heterocycles. The van der Waals surface area contributed by atoms with Gasteiger partial charge in [0.15, 0.2) is 11.5 Å². The molecule has 1 aromatic carbocycles. The largest absolute Gasteiger partial charge is 0.493 e. The third kappa shape index (κ3) is 2.19. The van der Waals surface area contributed by atoms with Crippen molar-refractivity contribution in [1.29, 1.82) is 0 Å². The molecule has 0 spiro atoms. The summed E-state index contributed by atoms with van der Waals surface area (Å²) in [5, 5.41) is 3.38. The van der Waals surface area contributed by atoms with E-state index in [1.807, 2.05) is 7.05 Å². The molecule has 0 saturated heterocycles. The lowest BCUT2D eigenvalue weighted by molar-refractivity contribution is 0.177. The minimum absolute atomic E-state index is 0.219. The molecule has 0 aliphatic carbocycles. The number of aryl methyl sites for hydroxylation is 1. The topological polar surface area (TPSA) is 30.5 Å². The zero-order valence-electron chi connectivity index (χ0n) is 11.7. The quantitative estimate of drug-likeness (QED) is 0.870. The first-order chi connectivity index (χ1) is 8.74. The highest BCUT2D eigenvalue weighted by Gasteiger charge is 2.35. The van der Waals surface area contributed by atoms with Crippen LogP contribution in [0.3, 0.4) is 0 Å². The Morgan fingerprint density at radius 3 is 2.67 bits per heavy atom. The molecule has 1 aliphatic heterocycles. The normalized spacial score (nSPS) is 21.6. The van der Waals surface area contributed by atoms with Crippen LogP contribution in [0.5, 0.6) is 11.5 Å². The van der Waals surface area contributed by atoms with Crippen molar-refractivity contribution >= 4 is 0 Å². The van der Waals surface area contributed by atoms with Crippen molar-refractivity contribution in [3.63, 3.8) is 0 Å². The third-order valence-corrected chi connectivity index (χ3v) is 3.63. The number of ether oxygens (including phenoxy) is 2. The van der Waals surface area contributed by atoms with Gasteiger partial charge in [-0.15, -0.1) is 0 Å². The molecule has 2 rings (SSSR count). The minimum Gasteiger partial charge on any atom is -0.493 e. The second-order valence-electron chi connectivity index (χ2n) is 4.78. The molecule has 100 valence electrons. The Kier molecular flexibility index (Phi) is 4.12. The van der Waals surface area contributed by atoms with Crippen molar-refractivity contribution in [3.05, 3.63) is 23.3 Å². The van der Waals surface area contributed by atoms with Crippen molar-refractivity contribution in [3.8, 4) is 11.5 Å². The summed E-state index contributed by atoms with van der Waals surface area (Å²) in [7, 11) is 3.71. The highest BCUT2D eigenvalue weighted by Crippen LogP contribution is 2.45. The maximum Gasteiger partial charge on any atom is 0.166 e. The molecular formula is C15H23NO2. The lowest BCUT2D eigenvalue weighted by Crippen LogP contribution is -2.28. The predicted octanol–water partition coefficient (Wildman–Crippen LogP) is 3.08. The average Bonchev–Trinajstić information content (AvgIpc) is 2.75. The van der Waals surface area contributed by atoms with Crippen LogP contribution < -0.4 is 14.8 Å². The summed E-state index contributed by atoms with van der Waals surface area (Å²) < 4.78 is 11.6. The summed E-state index contributed by atoms with van der Waals surface area (Å²) in [5.41, 5.74) is 2.54. The highest BCUT2D eigenvalue weighted by molar-refractivity contribution is 5.53. The molecule has 0 aromatic heterocycles. The molecule has 0 bridgehead atoms. The zero-order chi connectivity index (χ0) is 13.1. The molecule has 1 aliphatic rings. The van der Waals surface area contributed by atoms with Gasteiger partial charge in [-0.25, -0.2) is 0 Å². The van der Waals surface area contributed by atoms with Crippen LogP contribution >= 0.6 is 0 Å². The number of benzene rings is 1. The van der Waals surface area contributed by atoms with E-state index in [4.69, 9.17) is 9.47 Å². The van der Waals surface area contributed by atoms with E-state index < -0.39 is 0 Å². The van der Waals surface area contributed by atoms with Gasteiger partial charge in [-0.1, -0.05) is 26.3 Å². The molecule has 2 unspecified atom stereocenters. The number of fused-ring (bicyclic) bond motifs is 1. The van der Waals surface area contributed by atoms with Gasteiger partial charge in [-0.2, -0.15) is 0 Å². The van der Waals surface area contributed by atoms with Gasteiger partial charge < -0.3 is 14.8 Å². The maximum atomic E-state index is 6.08. The van der Waals surface area contributed by atoms with Crippen molar-refractivity contribution < 1.29 is 9.47 Å². The van der Waals surface area contributed by atoms with Crippen LogP contribution in [-0.4, -0.2) is 20.3 Å². The molecule has 1 N–H and O–H groups in total. The molecule has 0 amide bonds. The van der Waals surface area contributed by atoms with Gasteiger partial charge in [-0.3, -0.25) is 0 Å². The van der Waals surface area contributed by atoms with E-state index in [1.54, 1.807) is 7.11 Å². The van der Waals surface area contributed by atoms with E-state index in [0.29, 0.717) is 0 Å². The van der Waals surface area contributed by atoms with Crippen LogP contribution in [-0.2, 0) is 6.42 Å². The standard InChI is InChI=1S/C15H23NO2/c1-5-7-12-14(16-3)11-8-10(6-2)9-13(17-4)15(11)18-12/h8-9,12,14,16H,5-7H2,1-4H3. The number of likely N-dealkylation sites (N-methyl/N-ethyl adjacent to an activating group) is 1. The van der Waals surface area contributed by atoms with E-state index in [9.17, 15) is 0 Å². The van der Waals surface area contributed by atoms with Gasteiger partial charge in [0.25, 0.3) is 0 Å². The predicted molar refractivity (Wildman–Crippen MR) is 73.5 cm³/mol. The summed E-state index contributed by atoms with van der Waals surface area (Å²) in [6.45, 7) is 4.35. The van der Waals surface area contributed by atoms with Crippen LogP contribution in [0.2, 0.25) is 0 Å². The SMILES string of the molecule is CCCC1Oc2c(OC)cc(CC)cc2C1NC. The van der Waals surface area contributed by atoms with E-state index in [2.05, 4.69) is 31.3 Å². The molecule has 3 heteroatoms. The third-order valence-electron chi connectivity index (χ3n) is 3.63. The molecular weight excluding hydrogens is 226 g/mol. The van der Waals surface area contributed by atoms with Crippen LogP contribution in [0.15, 0.2) is 12.1 Å². The Balaban J connectivity index is 2.42. The second kappa shape index (κ2) is 5.61. The van der Waals surface area contributed by atoms with Crippen LogP contribution in [0.1, 0.15) is 43.9 Å². The monoisotopic (exact) mass is 249 g/mol. The molecule has 1 aromatic rings. The number of hydrogen-bond acceptors (Lipinski definition) is 3. The van der Waals surface area contributed by atoms with Crippen molar-refractivity contribution in [2.75, 3.05) is 14.2 Å². The summed E-state index contributed by atoms with van der Waals surface area (Å²) in [6.07, 6.45) is 3.42. The smallest absolute Gasteiger partial charge is 0.166 e. The first-order valence-corrected chi connectivity index (χ1v) is 6.79. The number of rotatable bonds is 5. The van der Waals surface area contributed by atoms with Crippen molar-refractivity contribution in [2.45, 2.75) is 45.3 Å². The summed E-state index contributed by atoms with van der Waals surface area (Å²) in [5.74, 6) is 1.79. The summed E-state index contributed by atoms with van der Waals surface area (Å²) in [6, 6.07) is 4.61. The molecule has 0 radical (unpaired) electrons. The minimum atomic E-state index is 0.219. The van der Waals surface area contributed by atoms with Crippen LogP contribution in [0.25, 0.3) is 0 Å². The van der Waals surface area contributed by atoms with Gasteiger partial charge in [0.2, 0.25) is 0 Å². The highest BCUT2D eigenvalue weighted by atomic mass is 16.5. The maximum absolute atomic E-state index is 6.08. The van der Waals surface area contributed by atoms with Crippen molar-refractivity contribution in [1.82, 2.24) is 5.32 Å². The Bertz CT molecular complexity index is 417. The first-order valence-electron chi connectivity index (χ1n) is 6.79. The Morgan fingerprint density at radius 1 is 1.33 bits per heavy atom. The fraction of sp³-hybridized carbons (Fsp3) is 0.600. The van der Waals surface area contributed by atoms with Crippen LogP contribution in [0, 0.1) is 0 Å². The van der Waals surface area contributed by atoms with E-state index in [1.165, 1.54) is 11.1 Å². The lowest BCUT2D eigenvalue weighted by Gasteiger charge is -2.17. The fourth-order valence-electron chi connectivity index (χ4n) is 2.67. The molecule has 18 heavy (non-hydrogen) atoms. The molecule has 0 fully saturated rings. The van der Waals surface area contributed by atoms with E-state index in [-0.39, 0.29) is 12.1 Å². The van der Waals surface area contributed by atoms with Gasteiger partial charge in [-0.05, 0) is 31.5 Å². The van der Waals surface area contributed by atoms with E-state index >= 15 is 0 Å².